The van der Waals surface area contributed by atoms with Gasteiger partial charge in [-0.25, -0.2) is 4.39 Å². The minimum Gasteiger partial charge on any atom is -0.300 e. The van der Waals surface area contributed by atoms with Gasteiger partial charge in [0.05, 0.1) is 6.20 Å². The van der Waals surface area contributed by atoms with E-state index in [4.69, 9.17) is 0 Å². The predicted molar refractivity (Wildman–Crippen MR) is 131 cm³/mol. The van der Waals surface area contributed by atoms with Crippen LogP contribution in [-0.2, 0) is 4.79 Å². The first-order valence-electron chi connectivity index (χ1n) is 12.0. The van der Waals surface area contributed by atoms with Gasteiger partial charge in [-0.3, -0.25) is 9.78 Å². The zero-order valence-corrected chi connectivity index (χ0v) is 20.5. The Kier molecular flexibility index (Phi) is 12.3. The van der Waals surface area contributed by atoms with Gasteiger partial charge in [-0.05, 0) is 55.2 Å². The second-order valence-electron chi connectivity index (χ2n) is 8.75. The van der Waals surface area contributed by atoms with Crippen LogP contribution in [0.4, 0.5) is 4.39 Å². The normalized spacial score (nSPS) is 21.8. The second kappa shape index (κ2) is 14.1. The summed E-state index contributed by atoms with van der Waals surface area (Å²) in [5.41, 5.74) is 2.90. The number of allylic oxidation sites excluding steroid dienone is 6. The Bertz CT molecular complexity index is 747. The van der Waals surface area contributed by atoms with Crippen LogP contribution in [0, 0.1) is 17.2 Å². The first-order valence-corrected chi connectivity index (χ1v) is 12.0. The zero-order valence-electron chi connectivity index (χ0n) is 20.5. The molecule has 0 amide bonds. The molecule has 0 saturated heterocycles. The van der Waals surface area contributed by atoms with Gasteiger partial charge in [-0.15, -0.1) is 0 Å². The number of carbonyl (C=O) groups excluding carboxylic acids is 1. The van der Waals surface area contributed by atoms with Crippen molar-refractivity contribution in [3.63, 3.8) is 0 Å². The van der Waals surface area contributed by atoms with Crippen LogP contribution in [0.15, 0.2) is 54.3 Å². The van der Waals surface area contributed by atoms with E-state index in [2.05, 4.69) is 70.0 Å². The maximum absolute atomic E-state index is 12.7. The van der Waals surface area contributed by atoms with Crippen molar-refractivity contribution < 1.29 is 9.18 Å². The van der Waals surface area contributed by atoms with Crippen LogP contribution in [-0.4, -0.2) is 10.8 Å². The summed E-state index contributed by atoms with van der Waals surface area (Å²) < 4.78 is 12.7. The van der Waals surface area contributed by atoms with Crippen LogP contribution in [0.2, 0.25) is 0 Å². The molecule has 0 N–H and O–H groups in total. The van der Waals surface area contributed by atoms with Crippen molar-refractivity contribution in [1.82, 2.24) is 4.98 Å². The van der Waals surface area contributed by atoms with E-state index in [9.17, 15) is 9.18 Å². The Morgan fingerprint density at radius 3 is 2.52 bits per heavy atom. The predicted octanol–water partition coefficient (Wildman–Crippen LogP) is 8.36. The molecule has 172 valence electrons. The van der Waals surface area contributed by atoms with E-state index < -0.39 is 0 Å². The van der Waals surface area contributed by atoms with Gasteiger partial charge in [-0.2, -0.15) is 0 Å². The third kappa shape index (κ3) is 9.33. The minimum atomic E-state index is -0.333. The molecule has 1 heterocycles. The van der Waals surface area contributed by atoms with E-state index in [1.165, 1.54) is 30.7 Å². The van der Waals surface area contributed by atoms with E-state index in [1.807, 2.05) is 6.92 Å². The third-order valence-electron chi connectivity index (χ3n) is 6.26. The van der Waals surface area contributed by atoms with Gasteiger partial charge in [0.2, 0.25) is 0 Å². The zero-order chi connectivity index (χ0) is 23.3. The Hall–Kier alpha value is -2.03. The van der Waals surface area contributed by atoms with Crippen LogP contribution in [0.1, 0.15) is 98.1 Å². The van der Waals surface area contributed by atoms with Gasteiger partial charge in [0, 0.05) is 24.5 Å². The van der Waals surface area contributed by atoms with Gasteiger partial charge in [0.1, 0.15) is 11.6 Å². The van der Waals surface area contributed by atoms with Crippen molar-refractivity contribution in [3.05, 3.63) is 65.8 Å². The van der Waals surface area contributed by atoms with E-state index in [0.717, 1.165) is 30.9 Å². The number of halogens is 1. The first-order chi connectivity index (χ1) is 14.8. The summed E-state index contributed by atoms with van der Waals surface area (Å²) in [4.78, 5) is 15.5. The highest BCUT2D eigenvalue weighted by atomic mass is 19.1. The lowest BCUT2D eigenvalue weighted by atomic mass is 9.93. The fraction of sp³-hybridized carbons (Fsp3) is 0.571. The average molecular weight is 428 g/mol. The SMILES string of the molecule is CCCC(CC(=O)CC)c1ccc(F)cn1.C\C=C/C(=C\C=C\CC)[C@@H]1CC1(C)CC. The molecule has 1 aromatic heterocycles. The van der Waals surface area contributed by atoms with Gasteiger partial charge in [-0.1, -0.05) is 77.8 Å². The highest BCUT2D eigenvalue weighted by Crippen LogP contribution is 2.58. The Balaban J connectivity index is 0.000000311. The lowest BCUT2D eigenvalue weighted by Crippen LogP contribution is -2.08. The number of pyridine rings is 1. The Morgan fingerprint density at radius 2 is 2.03 bits per heavy atom. The molecule has 0 spiro atoms. The van der Waals surface area contributed by atoms with Gasteiger partial charge in [0.15, 0.2) is 0 Å². The standard InChI is InChI=1S/C15H24.C13H18FNO/c1-5-8-9-11-13(10-6-2)14-12-15(14,4)7-3;1-3-5-10(8-12(16)4-2)13-7-6-11(14)9-15-13/h6,8-11,14H,5,7,12H2,1-4H3;6-7,9-10H,3-5,8H2,1-2H3/b9-8+,10-6-,13-11+;/t14-,15?;/m0./s1. The quantitative estimate of drug-likeness (QED) is 0.332. The van der Waals surface area contributed by atoms with Crippen molar-refractivity contribution in [2.45, 2.75) is 92.4 Å². The largest absolute Gasteiger partial charge is 0.300 e. The lowest BCUT2D eigenvalue weighted by Gasteiger charge is -2.14. The van der Waals surface area contributed by atoms with Crippen molar-refractivity contribution >= 4 is 5.78 Å². The van der Waals surface area contributed by atoms with Crippen molar-refractivity contribution in [2.75, 3.05) is 0 Å². The van der Waals surface area contributed by atoms with Crippen LogP contribution in [0.25, 0.3) is 0 Å². The molecule has 2 nitrogen and oxygen atoms in total. The van der Waals surface area contributed by atoms with Crippen LogP contribution in [0.5, 0.6) is 0 Å². The Morgan fingerprint density at radius 1 is 1.29 bits per heavy atom. The maximum atomic E-state index is 12.7. The number of hydrogen-bond donors (Lipinski definition) is 0. The average Bonchev–Trinajstić information content (AvgIpc) is 3.46. The minimum absolute atomic E-state index is 0.137. The van der Waals surface area contributed by atoms with Gasteiger partial charge >= 0.3 is 0 Å². The van der Waals surface area contributed by atoms with Crippen molar-refractivity contribution in [1.29, 1.82) is 0 Å². The highest BCUT2D eigenvalue weighted by Gasteiger charge is 2.49. The topological polar surface area (TPSA) is 30.0 Å². The maximum Gasteiger partial charge on any atom is 0.141 e. The molecular formula is C28H42FNO. The highest BCUT2D eigenvalue weighted by molar-refractivity contribution is 5.78. The monoisotopic (exact) mass is 427 g/mol. The summed E-state index contributed by atoms with van der Waals surface area (Å²) in [6.45, 7) is 12.9. The smallest absolute Gasteiger partial charge is 0.141 e. The molecule has 1 aliphatic rings. The fourth-order valence-corrected chi connectivity index (χ4v) is 3.86. The number of rotatable bonds is 11. The first kappa shape index (κ1) is 27.0. The lowest BCUT2D eigenvalue weighted by molar-refractivity contribution is -0.119. The molecule has 1 aromatic rings. The number of carbonyl (C=O) groups is 1. The molecule has 2 rings (SSSR count). The summed E-state index contributed by atoms with van der Waals surface area (Å²) in [6.07, 6.45) is 19.1. The summed E-state index contributed by atoms with van der Waals surface area (Å²) in [7, 11) is 0. The summed E-state index contributed by atoms with van der Waals surface area (Å²) in [6, 6.07) is 3.08. The molecule has 0 aromatic carbocycles. The van der Waals surface area contributed by atoms with E-state index >= 15 is 0 Å². The van der Waals surface area contributed by atoms with E-state index in [-0.39, 0.29) is 17.5 Å². The summed E-state index contributed by atoms with van der Waals surface area (Å²) >= 11 is 0. The number of nitrogens with zero attached hydrogens (tertiary/aromatic N) is 1. The summed E-state index contributed by atoms with van der Waals surface area (Å²) in [5, 5.41) is 0. The van der Waals surface area contributed by atoms with E-state index in [1.54, 1.807) is 6.07 Å². The van der Waals surface area contributed by atoms with Crippen LogP contribution in [0.3, 0.4) is 0 Å². The summed E-state index contributed by atoms with van der Waals surface area (Å²) in [5.74, 6) is 0.837. The molecule has 0 aliphatic heterocycles. The van der Waals surface area contributed by atoms with E-state index in [0.29, 0.717) is 18.3 Å². The molecule has 1 aliphatic carbocycles. The number of hydrogen-bond acceptors (Lipinski definition) is 2. The third-order valence-corrected chi connectivity index (χ3v) is 6.26. The molecule has 2 unspecified atom stereocenters. The molecule has 1 fully saturated rings. The molecule has 3 heteroatoms. The molecule has 31 heavy (non-hydrogen) atoms. The van der Waals surface area contributed by atoms with Crippen LogP contribution >= 0.6 is 0 Å². The van der Waals surface area contributed by atoms with Gasteiger partial charge < -0.3 is 0 Å². The van der Waals surface area contributed by atoms with Gasteiger partial charge in [0.25, 0.3) is 0 Å². The number of Topliss-reactive ketones (excluding diaryl/α,β-unsaturated/α-hetero) is 1. The fourth-order valence-electron chi connectivity index (χ4n) is 3.86. The molecule has 0 radical (unpaired) electrons. The van der Waals surface area contributed by atoms with Crippen molar-refractivity contribution in [3.8, 4) is 0 Å². The number of ketones is 1. The molecule has 1 saturated carbocycles. The second-order valence-corrected chi connectivity index (χ2v) is 8.75. The Labute approximate surface area is 189 Å². The van der Waals surface area contributed by atoms with Crippen LogP contribution < -0.4 is 0 Å². The molecular weight excluding hydrogens is 385 g/mol. The number of aromatic nitrogens is 1. The molecule has 3 atom stereocenters. The molecule has 0 bridgehead atoms. The van der Waals surface area contributed by atoms with Crippen molar-refractivity contribution in [2.24, 2.45) is 11.3 Å².